The molecule has 2 aliphatic rings. The lowest BCUT2D eigenvalue weighted by Crippen LogP contribution is -2.40. The summed E-state index contributed by atoms with van der Waals surface area (Å²) in [5.74, 6) is 1.34. The fraction of sp³-hybridized carbons (Fsp3) is 0.938. The summed E-state index contributed by atoms with van der Waals surface area (Å²) in [6.07, 6.45) is 10.3. The van der Waals surface area contributed by atoms with Crippen LogP contribution in [0.5, 0.6) is 0 Å². The molecule has 4 heteroatoms. The summed E-state index contributed by atoms with van der Waals surface area (Å²) in [7, 11) is 0. The summed E-state index contributed by atoms with van der Waals surface area (Å²) in [4.78, 5) is 12.1. The van der Waals surface area contributed by atoms with Gasteiger partial charge in [-0.15, -0.1) is 0 Å². The molecule has 2 fully saturated rings. The Balaban J connectivity index is 1.69. The van der Waals surface area contributed by atoms with Gasteiger partial charge >= 0.3 is 0 Å². The third kappa shape index (κ3) is 5.41. The first-order valence-corrected chi connectivity index (χ1v) is 8.39. The highest BCUT2D eigenvalue weighted by atomic mass is 16.3. The molecule has 116 valence electrons. The maximum Gasteiger partial charge on any atom is 0.220 e. The van der Waals surface area contributed by atoms with Crippen molar-refractivity contribution in [3.8, 4) is 0 Å². The number of carbonyl (C=O) groups excluding carboxylic acids is 1. The number of aliphatic hydroxyl groups excluding tert-OH is 1. The molecule has 0 radical (unpaired) electrons. The maximum absolute atomic E-state index is 12.1. The highest BCUT2D eigenvalue weighted by Gasteiger charge is 2.22. The molecule has 0 bridgehead atoms. The van der Waals surface area contributed by atoms with Crippen LogP contribution in [0, 0.1) is 11.8 Å². The van der Waals surface area contributed by atoms with Crippen molar-refractivity contribution in [2.45, 2.75) is 63.8 Å². The third-order valence-electron chi connectivity index (χ3n) is 4.86. The van der Waals surface area contributed by atoms with Crippen LogP contribution in [0.4, 0.5) is 0 Å². The molecule has 2 rings (SSSR count). The number of hydrogen-bond donors (Lipinski definition) is 3. The minimum absolute atomic E-state index is 0.0349. The van der Waals surface area contributed by atoms with Crippen LogP contribution >= 0.6 is 0 Å². The zero-order valence-electron chi connectivity index (χ0n) is 12.6. The number of aliphatic hydroxyl groups is 1. The van der Waals surface area contributed by atoms with E-state index in [4.69, 9.17) is 0 Å². The predicted molar refractivity (Wildman–Crippen MR) is 80.4 cm³/mol. The standard InChI is InChI=1S/C16H30N2O2/c19-12-15(10-13-4-2-1-3-5-13)18-16(20)11-14-6-8-17-9-7-14/h13-15,17,19H,1-12H2,(H,18,20)/t15-/m0/s1. The number of amides is 1. The molecule has 1 aliphatic heterocycles. The molecule has 1 heterocycles. The second kappa shape index (κ2) is 8.63. The molecule has 4 nitrogen and oxygen atoms in total. The summed E-state index contributed by atoms with van der Waals surface area (Å²) in [5.41, 5.74) is 0. The molecular weight excluding hydrogens is 252 g/mol. The molecule has 0 spiro atoms. The van der Waals surface area contributed by atoms with Gasteiger partial charge in [0.15, 0.2) is 0 Å². The van der Waals surface area contributed by atoms with E-state index in [1.807, 2.05) is 0 Å². The summed E-state index contributed by atoms with van der Waals surface area (Å²) >= 11 is 0. The van der Waals surface area contributed by atoms with E-state index in [9.17, 15) is 9.90 Å². The van der Waals surface area contributed by atoms with Crippen molar-refractivity contribution in [2.75, 3.05) is 19.7 Å². The number of hydrogen-bond acceptors (Lipinski definition) is 3. The summed E-state index contributed by atoms with van der Waals surface area (Å²) in [5, 5.41) is 15.9. The lowest BCUT2D eigenvalue weighted by atomic mass is 9.85. The molecular formula is C16H30N2O2. The first-order valence-electron chi connectivity index (χ1n) is 8.39. The largest absolute Gasteiger partial charge is 0.394 e. The van der Waals surface area contributed by atoms with Gasteiger partial charge in [0.2, 0.25) is 5.91 Å². The van der Waals surface area contributed by atoms with Crippen LogP contribution < -0.4 is 10.6 Å². The van der Waals surface area contributed by atoms with Gasteiger partial charge in [0.1, 0.15) is 0 Å². The van der Waals surface area contributed by atoms with E-state index in [0.29, 0.717) is 18.3 Å². The molecule has 3 N–H and O–H groups in total. The van der Waals surface area contributed by atoms with Crippen molar-refractivity contribution >= 4 is 5.91 Å². The summed E-state index contributed by atoms with van der Waals surface area (Å²) in [6, 6.07) is -0.0349. The number of carbonyl (C=O) groups is 1. The SMILES string of the molecule is O=C(CC1CCNCC1)N[C@H](CO)CC1CCCCC1. The predicted octanol–water partition coefficient (Wildman–Crippen LogP) is 1.82. The van der Waals surface area contributed by atoms with Crippen LogP contribution in [0.2, 0.25) is 0 Å². The molecule has 0 aromatic heterocycles. The van der Waals surface area contributed by atoms with Crippen LogP contribution in [0.25, 0.3) is 0 Å². The highest BCUT2D eigenvalue weighted by Crippen LogP contribution is 2.27. The summed E-state index contributed by atoms with van der Waals surface area (Å²) < 4.78 is 0. The molecule has 1 saturated heterocycles. The number of nitrogens with one attached hydrogen (secondary N) is 2. The fourth-order valence-corrected chi connectivity index (χ4v) is 3.64. The van der Waals surface area contributed by atoms with E-state index < -0.39 is 0 Å². The Morgan fingerprint density at radius 2 is 1.80 bits per heavy atom. The van der Waals surface area contributed by atoms with Gasteiger partial charge in [-0.05, 0) is 44.2 Å². The average Bonchev–Trinajstić information content (AvgIpc) is 2.48. The van der Waals surface area contributed by atoms with Crippen LogP contribution in [0.3, 0.4) is 0 Å². The van der Waals surface area contributed by atoms with E-state index in [1.54, 1.807) is 0 Å². The van der Waals surface area contributed by atoms with Crippen molar-refractivity contribution in [2.24, 2.45) is 11.8 Å². The van der Waals surface area contributed by atoms with Gasteiger partial charge in [-0.2, -0.15) is 0 Å². The Morgan fingerprint density at radius 1 is 1.10 bits per heavy atom. The van der Waals surface area contributed by atoms with E-state index in [-0.39, 0.29) is 18.6 Å². The normalized spacial score (nSPS) is 23.4. The molecule has 0 unspecified atom stereocenters. The molecule has 1 aliphatic carbocycles. The highest BCUT2D eigenvalue weighted by molar-refractivity contribution is 5.76. The molecule has 0 aromatic carbocycles. The topological polar surface area (TPSA) is 61.4 Å². The van der Waals surface area contributed by atoms with Crippen LogP contribution in [-0.4, -0.2) is 36.8 Å². The lowest BCUT2D eigenvalue weighted by molar-refractivity contribution is -0.123. The second-order valence-electron chi connectivity index (χ2n) is 6.58. The molecule has 1 atom stereocenters. The summed E-state index contributed by atoms with van der Waals surface area (Å²) in [6.45, 7) is 2.14. The van der Waals surface area contributed by atoms with Gasteiger partial charge < -0.3 is 15.7 Å². The Morgan fingerprint density at radius 3 is 2.45 bits per heavy atom. The van der Waals surface area contributed by atoms with Crippen LogP contribution in [-0.2, 0) is 4.79 Å². The smallest absolute Gasteiger partial charge is 0.220 e. The Hall–Kier alpha value is -0.610. The van der Waals surface area contributed by atoms with E-state index in [0.717, 1.165) is 32.4 Å². The van der Waals surface area contributed by atoms with Gasteiger partial charge in [0.25, 0.3) is 0 Å². The Kier molecular flexibility index (Phi) is 6.80. The minimum atomic E-state index is -0.0349. The van der Waals surface area contributed by atoms with Gasteiger partial charge in [-0.3, -0.25) is 4.79 Å². The maximum atomic E-state index is 12.1. The molecule has 0 aromatic rings. The lowest BCUT2D eigenvalue weighted by Gasteiger charge is -2.27. The Labute approximate surface area is 122 Å². The first-order chi connectivity index (χ1) is 9.78. The number of piperidine rings is 1. The van der Waals surface area contributed by atoms with Crippen LogP contribution in [0.1, 0.15) is 57.8 Å². The molecule has 20 heavy (non-hydrogen) atoms. The second-order valence-corrected chi connectivity index (χ2v) is 6.58. The van der Waals surface area contributed by atoms with Crippen molar-refractivity contribution in [1.82, 2.24) is 10.6 Å². The van der Waals surface area contributed by atoms with Gasteiger partial charge in [0.05, 0.1) is 12.6 Å². The third-order valence-corrected chi connectivity index (χ3v) is 4.86. The van der Waals surface area contributed by atoms with E-state index >= 15 is 0 Å². The van der Waals surface area contributed by atoms with Crippen molar-refractivity contribution in [3.05, 3.63) is 0 Å². The van der Waals surface area contributed by atoms with Crippen molar-refractivity contribution in [3.63, 3.8) is 0 Å². The molecule has 1 saturated carbocycles. The van der Waals surface area contributed by atoms with Gasteiger partial charge in [-0.1, -0.05) is 32.1 Å². The quantitative estimate of drug-likeness (QED) is 0.696. The van der Waals surface area contributed by atoms with E-state index in [1.165, 1.54) is 32.1 Å². The number of rotatable bonds is 6. The van der Waals surface area contributed by atoms with Gasteiger partial charge in [-0.25, -0.2) is 0 Å². The van der Waals surface area contributed by atoms with Gasteiger partial charge in [0, 0.05) is 6.42 Å². The molecule has 1 amide bonds. The van der Waals surface area contributed by atoms with Crippen molar-refractivity contribution < 1.29 is 9.90 Å². The zero-order valence-corrected chi connectivity index (χ0v) is 12.6. The minimum Gasteiger partial charge on any atom is -0.394 e. The monoisotopic (exact) mass is 282 g/mol. The van der Waals surface area contributed by atoms with E-state index in [2.05, 4.69) is 10.6 Å². The van der Waals surface area contributed by atoms with Crippen LogP contribution in [0.15, 0.2) is 0 Å². The zero-order chi connectivity index (χ0) is 14.2. The first kappa shape index (κ1) is 15.8. The Bertz CT molecular complexity index is 284. The van der Waals surface area contributed by atoms with Crippen molar-refractivity contribution in [1.29, 1.82) is 0 Å². The fourth-order valence-electron chi connectivity index (χ4n) is 3.64. The average molecular weight is 282 g/mol.